The third-order valence-electron chi connectivity index (χ3n) is 7.73. The molecular weight excluding hydrogens is 478 g/mol. The van der Waals surface area contributed by atoms with Crippen LogP contribution in [0.5, 0.6) is 0 Å². The Kier molecular flexibility index (Phi) is 22.4. The predicted molar refractivity (Wildman–Crippen MR) is 157 cm³/mol. The molecule has 1 rings (SSSR count). The standard InChI is InChI=1S/C32H63NO5/c1-4-7-10-13-18-23-31(35)38-33(27-28-34)26-21-16-17-22-30-29-36-32(37-30,24-19-14-11-8-5-2)25-20-15-12-9-6-3/h30,34H,4-29H2,1-3H3. The average Bonchev–Trinajstić information content (AvgIpc) is 3.31. The van der Waals surface area contributed by atoms with Gasteiger partial charge in [0.2, 0.25) is 0 Å². The first-order valence-corrected chi connectivity index (χ1v) is 16.5. The molecule has 0 aromatic carbocycles. The molecule has 38 heavy (non-hydrogen) atoms. The number of nitrogens with zero attached hydrogens (tertiary/aromatic N) is 1. The molecule has 1 heterocycles. The topological polar surface area (TPSA) is 68.2 Å². The van der Waals surface area contributed by atoms with E-state index in [9.17, 15) is 9.90 Å². The number of carbonyl (C=O) groups is 1. The summed E-state index contributed by atoms with van der Waals surface area (Å²) in [6, 6.07) is 0. The number of aliphatic hydroxyl groups is 1. The summed E-state index contributed by atoms with van der Waals surface area (Å²) in [6.45, 7) is 8.48. The summed E-state index contributed by atoms with van der Waals surface area (Å²) in [6.07, 6.45) is 25.1. The normalized spacial score (nSPS) is 16.9. The van der Waals surface area contributed by atoms with E-state index in [-0.39, 0.29) is 24.5 Å². The van der Waals surface area contributed by atoms with Gasteiger partial charge in [-0.25, -0.2) is 0 Å². The molecule has 6 nitrogen and oxygen atoms in total. The Labute approximate surface area is 235 Å². The van der Waals surface area contributed by atoms with Gasteiger partial charge in [0, 0.05) is 25.8 Å². The van der Waals surface area contributed by atoms with E-state index in [0.29, 0.717) is 19.5 Å². The van der Waals surface area contributed by atoms with Crippen molar-refractivity contribution < 1.29 is 24.2 Å². The highest BCUT2D eigenvalue weighted by Crippen LogP contribution is 2.36. The summed E-state index contributed by atoms with van der Waals surface area (Å²) in [5.41, 5.74) is 0. The second-order valence-electron chi connectivity index (χ2n) is 11.4. The Hall–Kier alpha value is -0.690. The van der Waals surface area contributed by atoms with Crippen molar-refractivity contribution >= 4 is 5.97 Å². The minimum absolute atomic E-state index is 0.00396. The van der Waals surface area contributed by atoms with Crippen LogP contribution in [0.4, 0.5) is 0 Å². The van der Waals surface area contributed by atoms with Crippen LogP contribution in [0.25, 0.3) is 0 Å². The molecule has 1 unspecified atom stereocenters. The molecule has 0 saturated carbocycles. The number of ether oxygens (including phenoxy) is 2. The highest BCUT2D eigenvalue weighted by Gasteiger charge is 2.40. The summed E-state index contributed by atoms with van der Waals surface area (Å²) in [5.74, 6) is -0.529. The van der Waals surface area contributed by atoms with Gasteiger partial charge in [0.25, 0.3) is 0 Å². The molecule has 1 N–H and O–H groups in total. The predicted octanol–water partition coefficient (Wildman–Crippen LogP) is 8.49. The molecule has 226 valence electrons. The van der Waals surface area contributed by atoms with E-state index in [1.54, 1.807) is 5.06 Å². The SMILES string of the molecule is CCCCCCCC(=O)ON(CCO)CCCCCC1COC(CCCCCCC)(CCCCCCC)O1. The van der Waals surface area contributed by atoms with Gasteiger partial charge in [-0.2, -0.15) is 0 Å². The van der Waals surface area contributed by atoms with E-state index in [4.69, 9.17) is 14.3 Å². The lowest BCUT2D eigenvalue weighted by Gasteiger charge is -2.28. The molecule has 0 spiro atoms. The van der Waals surface area contributed by atoms with Crippen LogP contribution in [0, 0.1) is 0 Å². The van der Waals surface area contributed by atoms with Gasteiger partial charge >= 0.3 is 5.97 Å². The highest BCUT2D eigenvalue weighted by molar-refractivity contribution is 5.68. The smallest absolute Gasteiger partial charge is 0.325 e. The van der Waals surface area contributed by atoms with Gasteiger partial charge in [0.1, 0.15) is 0 Å². The lowest BCUT2D eigenvalue weighted by Crippen LogP contribution is -2.31. The van der Waals surface area contributed by atoms with Crippen molar-refractivity contribution in [3.63, 3.8) is 0 Å². The third kappa shape index (κ3) is 17.8. The van der Waals surface area contributed by atoms with Crippen LogP contribution in [0.1, 0.15) is 162 Å². The Morgan fingerprint density at radius 2 is 1.32 bits per heavy atom. The van der Waals surface area contributed by atoms with E-state index in [2.05, 4.69) is 20.8 Å². The maximum absolute atomic E-state index is 12.2. The Balaban J connectivity index is 2.32. The Morgan fingerprint density at radius 3 is 1.89 bits per heavy atom. The molecule has 0 aliphatic carbocycles. The third-order valence-corrected chi connectivity index (χ3v) is 7.73. The number of hydrogen-bond donors (Lipinski definition) is 1. The van der Waals surface area contributed by atoms with Gasteiger partial charge in [0.15, 0.2) is 5.79 Å². The zero-order chi connectivity index (χ0) is 27.7. The van der Waals surface area contributed by atoms with Crippen LogP contribution < -0.4 is 0 Å². The molecule has 6 heteroatoms. The first-order valence-electron chi connectivity index (χ1n) is 16.5. The van der Waals surface area contributed by atoms with Gasteiger partial charge in [-0.05, 0) is 32.1 Å². The van der Waals surface area contributed by atoms with Gasteiger partial charge in [0.05, 0.1) is 25.9 Å². The van der Waals surface area contributed by atoms with Crippen molar-refractivity contribution in [1.29, 1.82) is 0 Å². The second kappa shape index (κ2) is 24.1. The Bertz CT molecular complexity index is 530. The second-order valence-corrected chi connectivity index (χ2v) is 11.4. The largest absolute Gasteiger partial charge is 0.395 e. The maximum atomic E-state index is 12.2. The lowest BCUT2D eigenvalue weighted by molar-refractivity contribution is -0.192. The molecule has 1 saturated heterocycles. The van der Waals surface area contributed by atoms with Gasteiger partial charge in [-0.15, -0.1) is 5.06 Å². The summed E-state index contributed by atoms with van der Waals surface area (Å²) >= 11 is 0. The number of unbranched alkanes of at least 4 members (excludes halogenated alkanes) is 14. The number of aliphatic hydroxyl groups excluding tert-OH is 1. The number of carbonyl (C=O) groups excluding carboxylic acids is 1. The first kappa shape index (κ1) is 35.3. The summed E-state index contributed by atoms with van der Waals surface area (Å²) in [4.78, 5) is 17.7. The van der Waals surface area contributed by atoms with Crippen molar-refractivity contribution in [2.75, 3.05) is 26.3 Å². The fraction of sp³-hybridized carbons (Fsp3) is 0.969. The monoisotopic (exact) mass is 541 g/mol. The highest BCUT2D eigenvalue weighted by atomic mass is 16.7. The van der Waals surface area contributed by atoms with Crippen molar-refractivity contribution in [1.82, 2.24) is 5.06 Å². The van der Waals surface area contributed by atoms with E-state index >= 15 is 0 Å². The van der Waals surface area contributed by atoms with Crippen LogP contribution in [0.15, 0.2) is 0 Å². The van der Waals surface area contributed by atoms with Crippen LogP contribution in [0.2, 0.25) is 0 Å². The van der Waals surface area contributed by atoms with Crippen molar-refractivity contribution in [3.05, 3.63) is 0 Å². The zero-order valence-corrected chi connectivity index (χ0v) is 25.5. The fourth-order valence-electron chi connectivity index (χ4n) is 5.36. The molecule has 1 fully saturated rings. The molecule has 0 bridgehead atoms. The lowest BCUT2D eigenvalue weighted by atomic mass is 9.99. The number of hydroxylamine groups is 2. The molecule has 0 amide bonds. The van der Waals surface area contributed by atoms with Crippen LogP contribution >= 0.6 is 0 Å². The van der Waals surface area contributed by atoms with Crippen molar-refractivity contribution in [2.24, 2.45) is 0 Å². The van der Waals surface area contributed by atoms with Gasteiger partial charge in [-0.1, -0.05) is 111 Å². The minimum Gasteiger partial charge on any atom is -0.395 e. The molecular formula is C32H63NO5. The minimum atomic E-state index is -0.355. The van der Waals surface area contributed by atoms with Crippen LogP contribution in [-0.4, -0.2) is 54.3 Å². The molecule has 1 aliphatic rings. The van der Waals surface area contributed by atoms with E-state index in [1.807, 2.05) is 0 Å². The van der Waals surface area contributed by atoms with Crippen molar-refractivity contribution in [3.8, 4) is 0 Å². The van der Waals surface area contributed by atoms with Crippen LogP contribution in [-0.2, 0) is 19.1 Å². The molecule has 0 aromatic heterocycles. The Morgan fingerprint density at radius 1 is 0.763 bits per heavy atom. The van der Waals surface area contributed by atoms with E-state index in [0.717, 1.165) is 58.0 Å². The summed E-state index contributed by atoms with van der Waals surface area (Å²) in [7, 11) is 0. The van der Waals surface area contributed by atoms with Crippen LogP contribution in [0.3, 0.4) is 0 Å². The molecule has 0 aromatic rings. The molecule has 1 aliphatic heterocycles. The maximum Gasteiger partial charge on any atom is 0.325 e. The quantitative estimate of drug-likeness (QED) is 0.0830. The zero-order valence-electron chi connectivity index (χ0n) is 25.5. The number of hydrogen-bond acceptors (Lipinski definition) is 6. The van der Waals surface area contributed by atoms with Gasteiger partial charge < -0.3 is 19.4 Å². The van der Waals surface area contributed by atoms with Crippen molar-refractivity contribution in [2.45, 2.75) is 174 Å². The summed E-state index contributed by atoms with van der Waals surface area (Å²) in [5, 5.41) is 11.0. The summed E-state index contributed by atoms with van der Waals surface area (Å²) < 4.78 is 13.0. The fourth-order valence-corrected chi connectivity index (χ4v) is 5.36. The van der Waals surface area contributed by atoms with E-state index in [1.165, 1.54) is 83.5 Å². The average molecular weight is 542 g/mol. The number of rotatable bonds is 27. The van der Waals surface area contributed by atoms with E-state index < -0.39 is 0 Å². The first-order chi connectivity index (χ1) is 18.6. The molecule has 1 atom stereocenters. The molecule has 0 radical (unpaired) electrons. The van der Waals surface area contributed by atoms with Gasteiger partial charge in [-0.3, -0.25) is 4.79 Å².